The zero-order valence-corrected chi connectivity index (χ0v) is 13.3. The standard InChI is InChI=1S/C17H23N3O3/c1-2-7-17(16(22)23)8-5-9-19(12-17)15(21)13-11-18-20-10-4-3-6-14(13)20/h2,11H,1,3-10,12H2,(H,22,23)/t17-/m1/s1. The summed E-state index contributed by atoms with van der Waals surface area (Å²) in [5, 5.41) is 14.0. The van der Waals surface area contributed by atoms with Gasteiger partial charge in [0.1, 0.15) is 0 Å². The van der Waals surface area contributed by atoms with Gasteiger partial charge in [0.15, 0.2) is 0 Å². The van der Waals surface area contributed by atoms with Gasteiger partial charge in [0.25, 0.3) is 5.91 Å². The Morgan fingerprint density at radius 1 is 1.35 bits per heavy atom. The highest BCUT2D eigenvalue weighted by atomic mass is 16.4. The molecule has 1 aromatic rings. The highest BCUT2D eigenvalue weighted by molar-refractivity contribution is 5.95. The lowest BCUT2D eigenvalue weighted by molar-refractivity contribution is -0.151. The van der Waals surface area contributed by atoms with E-state index < -0.39 is 11.4 Å². The number of carbonyl (C=O) groups excluding carboxylic acids is 1. The van der Waals surface area contributed by atoms with Crippen molar-refractivity contribution in [2.75, 3.05) is 13.1 Å². The van der Waals surface area contributed by atoms with Crippen molar-refractivity contribution in [2.45, 2.75) is 45.1 Å². The van der Waals surface area contributed by atoms with Crippen LogP contribution in [-0.2, 0) is 17.8 Å². The van der Waals surface area contributed by atoms with Gasteiger partial charge < -0.3 is 10.0 Å². The molecule has 0 saturated carbocycles. The van der Waals surface area contributed by atoms with Crippen molar-refractivity contribution < 1.29 is 14.7 Å². The van der Waals surface area contributed by atoms with Crippen LogP contribution in [0.1, 0.15) is 48.2 Å². The number of aliphatic carboxylic acids is 1. The molecule has 3 rings (SSSR count). The van der Waals surface area contributed by atoms with Crippen molar-refractivity contribution in [3.8, 4) is 0 Å². The number of carboxylic acid groups (broad SMARTS) is 1. The molecule has 1 fully saturated rings. The number of fused-ring (bicyclic) bond motifs is 1. The second kappa shape index (κ2) is 6.18. The molecule has 0 radical (unpaired) electrons. The summed E-state index contributed by atoms with van der Waals surface area (Å²) in [7, 11) is 0. The fourth-order valence-corrected chi connectivity index (χ4v) is 3.78. The van der Waals surface area contributed by atoms with Crippen LogP contribution < -0.4 is 0 Å². The Bertz CT molecular complexity index is 637. The smallest absolute Gasteiger partial charge is 0.311 e. The van der Waals surface area contributed by atoms with Crippen molar-refractivity contribution >= 4 is 11.9 Å². The highest BCUT2D eigenvalue weighted by Crippen LogP contribution is 2.35. The highest BCUT2D eigenvalue weighted by Gasteiger charge is 2.43. The molecular weight excluding hydrogens is 294 g/mol. The minimum absolute atomic E-state index is 0.0810. The van der Waals surface area contributed by atoms with E-state index in [4.69, 9.17) is 0 Å². The number of aryl methyl sites for hydroxylation is 1. The number of carbonyl (C=O) groups is 2. The molecule has 23 heavy (non-hydrogen) atoms. The third kappa shape index (κ3) is 2.78. The Morgan fingerprint density at radius 3 is 2.91 bits per heavy atom. The molecule has 1 N–H and O–H groups in total. The quantitative estimate of drug-likeness (QED) is 0.863. The summed E-state index contributed by atoms with van der Waals surface area (Å²) in [6.07, 6.45) is 8.00. The zero-order valence-electron chi connectivity index (χ0n) is 13.3. The first kappa shape index (κ1) is 15.8. The Kier molecular flexibility index (Phi) is 4.24. The van der Waals surface area contributed by atoms with Crippen molar-refractivity contribution in [1.82, 2.24) is 14.7 Å². The number of allylic oxidation sites excluding steroid dienone is 1. The van der Waals surface area contributed by atoms with E-state index in [1.807, 2.05) is 4.68 Å². The molecule has 0 aliphatic carbocycles. The van der Waals surface area contributed by atoms with Crippen LogP contribution in [0.2, 0.25) is 0 Å². The summed E-state index contributed by atoms with van der Waals surface area (Å²) in [6, 6.07) is 0. The molecule has 1 atom stereocenters. The molecule has 1 aromatic heterocycles. The third-order valence-electron chi connectivity index (χ3n) is 5.07. The van der Waals surface area contributed by atoms with Crippen LogP contribution in [0.5, 0.6) is 0 Å². The summed E-state index contributed by atoms with van der Waals surface area (Å²) in [6.45, 7) is 5.39. The third-order valence-corrected chi connectivity index (χ3v) is 5.07. The minimum atomic E-state index is -0.900. The van der Waals surface area contributed by atoms with Crippen molar-refractivity contribution in [3.05, 3.63) is 30.1 Å². The van der Waals surface area contributed by atoms with Crippen molar-refractivity contribution in [2.24, 2.45) is 5.41 Å². The van der Waals surface area contributed by atoms with Gasteiger partial charge in [0.05, 0.1) is 22.9 Å². The molecule has 0 unspecified atom stereocenters. The first-order chi connectivity index (χ1) is 11.1. The van der Waals surface area contributed by atoms with E-state index in [0.717, 1.165) is 31.5 Å². The fraction of sp³-hybridized carbons (Fsp3) is 0.588. The number of carboxylic acids is 1. The van der Waals surface area contributed by atoms with E-state index in [1.165, 1.54) is 0 Å². The summed E-state index contributed by atoms with van der Waals surface area (Å²) in [5.74, 6) is -0.922. The van der Waals surface area contributed by atoms with Crippen LogP contribution in [-0.4, -0.2) is 44.8 Å². The number of rotatable bonds is 4. The van der Waals surface area contributed by atoms with Gasteiger partial charge in [-0.05, 0) is 38.5 Å². The molecule has 0 bridgehead atoms. The predicted octanol–water partition coefficient (Wildman–Crippen LogP) is 2.10. The normalized spacial score (nSPS) is 24.1. The molecular formula is C17H23N3O3. The first-order valence-electron chi connectivity index (χ1n) is 8.26. The number of likely N-dealkylation sites (tertiary alicyclic amines) is 1. The van der Waals surface area contributed by atoms with E-state index in [0.29, 0.717) is 31.4 Å². The van der Waals surface area contributed by atoms with E-state index in [2.05, 4.69) is 11.7 Å². The second-order valence-corrected chi connectivity index (χ2v) is 6.59. The Morgan fingerprint density at radius 2 is 2.17 bits per heavy atom. The predicted molar refractivity (Wildman–Crippen MR) is 85.2 cm³/mol. The molecule has 0 spiro atoms. The summed E-state index contributed by atoms with van der Waals surface area (Å²) in [4.78, 5) is 26.3. The number of hydrogen-bond acceptors (Lipinski definition) is 3. The van der Waals surface area contributed by atoms with E-state index >= 15 is 0 Å². The second-order valence-electron chi connectivity index (χ2n) is 6.59. The molecule has 6 nitrogen and oxygen atoms in total. The molecule has 3 heterocycles. The monoisotopic (exact) mass is 317 g/mol. The van der Waals surface area contributed by atoms with Gasteiger partial charge in [-0.3, -0.25) is 14.3 Å². The first-order valence-corrected chi connectivity index (χ1v) is 8.26. The lowest BCUT2D eigenvalue weighted by Gasteiger charge is -2.39. The number of nitrogens with zero attached hydrogens (tertiary/aromatic N) is 3. The van der Waals surface area contributed by atoms with Crippen molar-refractivity contribution in [1.29, 1.82) is 0 Å². The average Bonchev–Trinajstić information content (AvgIpc) is 2.98. The topological polar surface area (TPSA) is 75.4 Å². The van der Waals surface area contributed by atoms with Gasteiger partial charge in [-0.25, -0.2) is 0 Å². The van der Waals surface area contributed by atoms with Gasteiger partial charge in [-0.1, -0.05) is 6.08 Å². The Labute approximate surface area is 135 Å². The molecule has 2 aliphatic heterocycles. The zero-order chi connectivity index (χ0) is 16.4. The van der Waals surface area contributed by atoms with Gasteiger partial charge in [0.2, 0.25) is 0 Å². The lowest BCUT2D eigenvalue weighted by Crippen LogP contribution is -2.49. The molecule has 1 saturated heterocycles. The molecule has 124 valence electrons. The van der Waals surface area contributed by atoms with Crippen LogP contribution in [0.3, 0.4) is 0 Å². The van der Waals surface area contributed by atoms with E-state index in [9.17, 15) is 14.7 Å². The maximum Gasteiger partial charge on any atom is 0.311 e. The van der Waals surface area contributed by atoms with E-state index in [-0.39, 0.29) is 12.5 Å². The maximum atomic E-state index is 12.9. The average molecular weight is 317 g/mol. The van der Waals surface area contributed by atoms with E-state index in [1.54, 1.807) is 17.2 Å². The van der Waals surface area contributed by atoms with Crippen LogP contribution in [0.4, 0.5) is 0 Å². The van der Waals surface area contributed by atoms with Gasteiger partial charge >= 0.3 is 5.97 Å². The Balaban J connectivity index is 1.83. The SMILES string of the molecule is C=CC[C@@]1(C(=O)O)CCCN(C(=O)c2cnn3c2CCCC3)C1. The molecule has 6 heteroatoms. The van der Waals surface area contributed by atoms with Crippen LogP contribution in [0, 0.1) is 5.41 Å². The molecule has 0 aromatic carbocycles. The number of hydrogen-bond donors (Lipinski definition) is 1. The lowest BCUT2D eigenvalue weighted by atomic mass is 9.77. The van der Waals surface area contributed by atoms with Gasteiger partial charge in [0, 0.05) is 19.6 Å². The van der Waals surface area contributed by atoms with Crippen LogP contribution >= 0.6 is 0 Å². The van der Waals surface area contributed by atoms with Crippen LogP contribution in [0.15, 0.2) is 18.9 Å². The van der Waals surface area contributed by atoms with Gasteiger partial charge in [-0.15, -0.1) is 6.58 Å². The molecule has 2 aliphatic rings. The van der Waals surface area contributed by atoms with Crippen LogP contribution in [0.25, 0.3) is 0 Å². The van der Waals surface area contributed by atoms with Gasteiger partial charge in [-0.2, -0.15) is 5.10 Å². The number of amides is 1. The Hall–Kier alpha value is -2.11. The summed E-state index contributed by atoms with van der Waals surface area (Å²) < 4.78 is 1.91. The fourth-order valence-electron chi connectivity index (χ4n) is 3.78. The van der Waals surface area contributed by atoms with Crippen molar-refractivity contribution in [3.63, 3.8) is 0 Å². The number of aromatic nitrogens is 2. The number of piperidine rings is 1. The molecule has 1 amide bonds. The maximum absolute atomic E-state index is 12.9. The summed E-state index contributed by atoms with van der Waals surface area (Å²) >= 11 is 0. The largest absolute Gasteiger partial charge is 0.481 e. The summed E-state index contributed by atoms with van der Waals surface area (Å²) in [5.41, 5.74) is 0.740. The minimum Gasteiger partial charge on any atom is -0.481 e.